The van der Waals surface area contributed by atoms with Crippen LogP contribution in [0.1, 0.15) is 24.8 Å². The molecule has 0 spiro atoms. The van der Waals surface area contributed by atoms with Crippen molar-refractivity contribution in [1.82, 2.24) is 0 Å². The summed E-state index contributed by atoms with van der Waals surface area (Å²) in [6, 6.07) is 6.34. The van der Waals surface area contributed by atoms with Crippen molar-refractivity contribution in [2.75, 3.05) is 25.2 Å². The Morgan fingerprint density at radius 2 is 2.22 bits per heavy atom. The van der Waals surface area contributed by atoms with Crippen LogP contribution in [0.15, 0.2) is 18.2 Å². The van der Waals surface area contributed by atoms with E-state index in [1.54, 1.807) is 7.11 Å². The van der Waals surface area contributed by atoms with Crippen LogP contribution in [0.25, 0.3) is 0 Å². The Bertz CT molecular complexity index is 434. The van der Waals surface area contributed by atoms with Gasteiger partial charge < -0.3 is 9.64 Å². The van der Waals surface area contributed by atoms with Gasteiger partial charge in [-0.1, -0.05) is 0 Å². The van der Waals surface area contributed by atoms with Gasteiger partial charge in [0.1, 0.15) is 0 Å². The number of methoxy groups -OCH3 is 1. The van der Waals surface area contributed by atoms with Crippen LogP contribution in [0, 0.1) is 3.57 Å². The normalized spacial score (nSPS) is 15.4. The first-order valence-electron chi connectivity index (χ1n) is 6.30. The lowest BCUT2D eigenvalue weighted by atomic mass is 10.1. The molecule has 0 bridgehead atoms. The van der Waals surface area contributed by atoms with Crippen LogP contribution in [0.3, 0.4) is 0 Å². The van der Waals surface area contributed by atoms with Crippen LogP contribution in [0.4, 0.5) is 5.69 Å². The summed E-state index contributed by atoms with van der Waals surface area (Å²) in [6.07, 6.45) is 3.48. The van der Waals surface area contributed by atoms with E-state index in [1.165, 1.54) is 9.13 Å². The zero-order chi connectivity index (χ0) is 13.0. The Hall–Kier alpha value is -0.620. The van der Waals surface area contributed by atoms with Crippen LogP contribution < -0.4 is 4.90 Å². The molecule has 0 fully saturated rings. The molecule has 1 aromatic carbocycles. The van der Waals surface area contributed by atoms with E-state index in [0.717, 1.165) is 31.5 Å². The highest BCUT2D eigenvalue weighted by atomic mass is 127. The van der Waals surface area contributed by atoms with Gasteiger partial charge in [-0.2, -0.15) is 0 Å². The number of aryl methyl sites for hydroxylation is 1. The van der Waals surface area contributed by atoms with E-state index in [0.29, 0.717) is 13.0 Å². The Kier molecular flexibility index (Phi) is 5.00. The van der Waals surface area contributed by atoms with Gasteiger partial charge in [0.15, 0.2) is 0 Å². The summed E-state index contributed by atoms with van der Waals surface area (Å²) in [7, 11) is 1.69. The molecule has 0 unspecified atom stereocenters. The number of carbonyl (C=O) groups excluding carboxylic acids is 1. The highest BCUT2D eigenvalue weighted by Gasteiger charge is 2.21. The lowest BCUT2D eigenvalue weighted by molar-refractivity contribution is -0.118. The SMILES string of the molecule is COCCCN1C(=O)CCCc2cc(I)ccc21. The van der Waals surface area contributed by atoms with Crippen LogP contribution in [0.5, 0.6) is 0 Å². The second kappa shape index (κ2) is 6.52. The van der Waals surface area contributed by atoms with Crippen molar-refractivity contribution in [2.24, 2.45) is 0 Å². The van der Waals surface area contributed by atoms with Crippen molar-refractivity contribution < 1.29 is 9.53 Å². The molecular formula is C14H18INO2. The van der Waals surface area contributed by atoms with E-state index < -0.39 is 0 Å². The van der Waals surface area contributed by atoms with Gasteiger partial charge in [0.2, 0.25) is 5.91 Å². The molecule has 2 rings (SSSR count). The number of hydrogen-bond acceptors (Lipinski definition) is 2. The van der Waals surface area contributed by atoms with E-state index in [9.17, 15) is 4.79 Å². The van der Waals surface area contributed by atoms with Crippen molar-refractivity contribution >= 4 is 34.2 Å². The molecule has 0 radical (unpaired) electrons. The van der Waals surface area contributed by atoms with E-state index in [1.807, 2.05) is 4.90 Å². The summed E-state index contributed by atoms with van der Waals surface area (Å²) in [5, 5.41) is 0. The summed E-state index contributed by atoms with van der Waals surface area (Å²) in [4.78, 5) is 14.1. The smallest absolute Gasteiger partial charge is 0.226 e. The zero-order valence-corrected chi connectivity index (χ0v) is 12.8. The van der Waals surface area contributed by atoms with Gasteiger partial charge in [0.25, 0.3) is 0 Å². The molecule has 98 valence electrons. The van der Waals surface area contributed by atoms with Crippen molar-refractivity contribution in [3.63, 3.8) is 0 Å². The molecule has 0 N–H and O–H groups in total. The Morgan fingerprint density at radius 3 is 3.00 bits per heavy atom. The van der Waals surface area contributed by atoms with Crippen molar-refractivity contribution in [1.29, 1.82) is 0 Å². The molecule has 3 nitrogen and oxygen atoms in total. The zero-order valence-electron chi connectivity index (χ0n) is 10.6. The molecule has 1 aliphatic rings. The number of hydrogen-bond donors (Lipinski definition) is 0. The fourth-order valence-electron chi connectivity index (χ4n) is 2.33. The number of halogens is 1. The first kappa shape index (κ1) is 13.8. The van der Waals surface area contributed by atoms with Crippen molar-refractivity contribution in [2.45, 2.75) is 25.7 Å². The van der Waals surface area contributed by atoms with E-state index >= 15 is 0 Å². The standard InChI is InChI=1S/C14H18INO2/c1-18-9-3-8-16-13-7-6-12(15)10-11(13)4-2-5-14(16)17/h6-7,10H,2-5,8-9H2,1H3. The number of rotatable bonds is 4. The topological polar surface area (TPSA) is 29.5 Å². The number of fused-ring (bicyclic) bond motifs is 1. The van der Waals surface area contributed by atoms with Crippen LogP contribution >= 0.6 is 22.6 Å². The third-order valence-corrected chi connectivity index (χ3v) is 3.87. The fraction of sp³-hybridized carbons (Fsp3) is 0.500. The van der Waals surface area contributed by atoms with Gasteiger partial charge in [-0.3, -0.25) is 4.79 Å². The number of anilines is 1. The lowest BCUT2D eigenvalue weighted by Crippen LogP contribution is -2.31. The molecule has 1 amide bonds. The molecule has 1 heterocycles. The maximum absolute atomic E-state index is 12.1. The molecule has 0 aromatic heterocycles. The van der Waals surface area contributed by atoms with Gasteiger partial charge in [0.05, 0.1) is 0 Å². The van der Waals surface area contributed by atoms with Gasteiger partial charge in [0, 0.05) is 35.9 Å². The van der Waals surface area contributed by atoms with E-state index in [2.05, 4.69) is 40.8 Å². The number of carbonyl (C=O) groups is 1. The molecule has 0 saturated carbocycles. The Balaban J connectivity index is 2.23. The van der Waals surface area contributed by atoms with Gasteiger partial charge >= 0.3 is 0 Å². The first-order chi connectivity index (χ1) is 8.72. The Labute approximate surface area is 122 Å². The molecule has 18 heavy (non-hydrogen) atoms. The first-order valence-corrected chi connectivity index (χ1v) is 7.38. The number of nitrogens with zero attached hydrogens (tertiary/aromatic N) is 1. The average molecular weight is 359 g/mol. The van der Waals surface area contributed by atoms with Gasteiger partial charge in [-0.15, -0.1) is 0 Å². The highest BCUT2D eigenvalue weighted by molar-refractivity contribution is 14.1. The van der Waals surface area contributed by atoms with Crippen LogP contribution in [-0.4, -0.2) is 26.2 Å². The van der Waals surface area contributed by atoms with E-state index in [-0.39, 0.29) is 5.91 Å². The molecule has 0 aliphatic carbocycles. The van der Waals surface area contributed by atoms with Crippen molar-refractivity contribution in [3.8, 4) is 0 Å². The van der Waals surface area contributed by atoms with Crippen LogP contribution in [0.2, 0.25) is 0 Å². The minimum absolute atomic E-state index is 0.242. The maximum Gasteiger partial charge on any atom is 0.226 e. The predicted octanol–water partition coefficient (Wildman–Crippen LogP) is 3.00. The monoisotopic (exact) mass is 359 g/mol. The second-order valence-electron chi connectivity index (χ2n) is 4.52. The quantitative estimate of drug-likeness (QED) is 0.611. The molecular weight excluding hydrogens is 341 g/mol. The molecule has 1 aromatic rings. The molecule has 1 aliphatic heterocycles. The average Bonchev–Trinajstić information content (AvgIpc) is 2.49. The maximum atomic E-state index is 12.1. The molecule has 4 heteroatoms. The summed E-state index contributed by atoms with van der Waals surface area (Å²) < 4.78 is 6.30. The lowest BCUT2D eigenvalue weighted by Gasteiger charge is -2.23. The predicted molar refractivity (Wildman–Crippen MR) is 80.9 cm³/mol. The van der Waals surface area contributed by atoms with Gasteiger partial charge in [-0.25, -0.2) is 0 Å². The minimum atomic E-state index is 0.242. The molecule has 0 atom stereocenters. The minimum Gasteiger partial charge on any atom is -0.385 e. The third-order valence-electron chi connectivity index (χ3n) is 3.20. The number of amides is 1. The van der Waals surface area contributed by atoms with Crippen molar-refractivity contribution in [3.05, 3.63) is 27.3 Å². The summed E-state index contributed by atoms with van der Waals surface area (Å²) >= 11 is 2.32. The largest absolute Gasteiger partial charge is 0.385 e. The van der Waals surface area contributed by atoms with E-state index in [4.69, 9.17) is 4.74 Å². The number of benzene rings is 1. The number of ether oxygens (including phenoxy) is 1. The van der Waals surface area contributed by atoms with Gasteiger partial charge in [-0.05, 0) is 65.6 Å². The summed E-state index contributed by atoms with van der Waals surface area (Å²) in [5.41, 5.74) is 2.39. The molecule has 0 saturated heterocycles. The van der Waals surface area contributed by atoms with Crippen LogP contribution in [-0.2, 0) is 16.0 Å². The third kappa shape index (κ3) is 3.23. The Morgan fingerprint density at radius 1 is 1.39 bits per heavy atom. The fourth-order valence-corrected chi connectivity index (χ4v) is 2.88. The second-order valence-corrected chi connectivity index (χ2v) is 5.76. The summed E-state index contributed by atoms with van der Waals surface area (Å²) in [5.74, 6) is 0.242. The highest BCUT2D eigenvalue weighted by Crippen LogP contribution is 2.28. The summed E-state index contributed by atoms with van der Waals surface area (Å²) in [6.45, 7) is 1.45.